The molecule has 1 unspecified atom stereocenters. The maximum atomic E-state index is 12.2. The van der Waals surface area contributed by atoms with Gasteiger partial charge in [0, 0.05) is 17.5 Å². The standard InChI is InChI=1S/C18H23N3OS.ClH/c1-13-5-2-3-7-15(13)18-21-16(12-23-18)17(22)20-10-8-14-6-4-9-19-11-14;/h2-3,5,7,12,14,19H,4,6,8-11H2,1H3,(H,20,22);1H. The molecular weight excluding hydrogens is 342 g/mol. The minimum atomic E-state index is -0.0650. The van der Waals surface area contributed by atoms with Crippen molar-refractivity contribution in [3.8, 4) is 10.6 Å². The van der Waals surface area contributed by atoms with Crippen LogP contribution in [0.3, 0.4) is 0 Å². The SMILES string of the molecule is Cc1ccccc1-c1nc(C(=O)NCCC2CCCNC2)cs1.Cl. The van der Waals surface area contributed by atoms with E-state index >= 15 is 0 Å². The minimum absolute atomic E-state index is 0. The molecule has 0 radical (unpaired) electrons. The summed E-state index contributed by atoms with van der Waals surface area (Å²) in [4.78, 5) is 16.7. The molecule has 0 spiro atoms. The Morgan fingerprint density at radius 1 is 1.42 bits per heavy atom. The molecule has 130 valence electrons. The molecule has 2 aromatic rings. The monoisotopic (exact) mass is 365 g/mol. The molecule has 1 aliphatic heterocycles. The molecule has 1 aromatic carbocycles. The second-order valence-electron chi connectivity index (χ2n) is 6.11. The van der Waals surface area contributed by atoms with Gasteiger partial charge in [-0.3, -0.25) is 4.79 Å². The maximum absolute atomic E-state index is 12.2. The normalized spacial score (nSPS) is 17.1. The number of carbonyl (C=O) groups excluding carboxylic acids is 1. The van der Waals surface area contributed by atoms with Gasteiger partial charge in [-0.25, -0.2) is 4.98 Å². The number of thiazole rings is 1. The van der Waals surface area contributed by atoms with Gasteiger partial charge in [-0.15, -0.1) is 23.7 Å². The van der Waals surface area contributed by atoms with Crippen LogP contribution in [0.15, 0.2) is 29.6 Å². The smallest absolute Gasteiger partial charge is 0.270 e. The van der Waals surface area contributed by atoms with Crippen LogP contribution >= 0.6 is 23.7 Å². The fourth-order valence-electron chi connectivity index (χ4n) is 2.97. The van der Waals surface area contributed by atoms with Crippen LogP contribution in [-0.2, 0) is 0 Å². The van der Waals surface area contributed by atoms with Crippen molar-refractivity contribution in [2.45, 2.75) is 26.2 Å². The van der Waals surface area contributed by atoms with Crippen LogP contribution in [0.2, 0.25) is 0 Å². The Morgan fingerprint density at radius 2 is 2.25 bits per heavy atom. The van der Waals surface area contributed by atoms with E-state index in [1.807, 2.05) is 23.6 Å². The van der Waals surface area contributed by atoms with E-state index in [4.69, 9.17) is 0 Å². The van der Waals surface area contributed by atoms with E-state index in [1.54, 1.807) is 0 Å². The Balaban J connectivity index is 0.00000208. The summed E-state index contributed by atoms with van der Waals surface area (Å²) >= 11 is 1.52. The number of halogens is 1. The highest BCUT2D eigenvalue weighted by atomic mass is 35.5. The molecule has 4 nitrogen and oxygen atoms in total. The van der Waals surface area contributed by atoms with Crippen molar-refractivity contribution in [1.82, 2.24) is 15.6 Å². The maximum Gasteiger partial charge on any atom is 0.270 e. The molecule has 6 heteroatoms. The van der Waals surface area contributed by atoms with Gasteiger partial charge in [0.1, 0.15) is 10.7 Å². The van der Waals surface area contributed by atoms with Gasteiger partial charge in [-0.1, -0.05) is 24.3 Å². The largest absolute Gasteiger partial charge is 0.351 e. The van der Waals surface area contributed by atoms with E-state index in [0.29, 0.717) is 11.6 Å². The topological polar surface area (TPSA) is 54.0 Å². The fraction of sp³-hybridized carbons (Fsp3) is 0.444. The number of nitrogens with zero attached hydrogens (tertiary/aromatic N) is 1. The Labute approximate surface area is 153 Å². The molecule has 1 saturated heterocycles. The average molecular weight is 366 g/mol. The van der Waals surface area contributed by atoms with E-state index in [0.717, 1.165) is 36.6 Å². The van der Waals surface area contributed by atoms with E-state index in [1.165, 1.54) is 29.7 Å². The lowest BCUT2D eigenvalue weighted by molar-refractivity contribution is 0.0946. The van der Waals surface area contributed by atoms with E-state index < -0.39 is 0 Å². The zero-order chi connectivity index (χ0) is 16.1. The molecule has 1 aromatic heterocycles. The highest BCUT2D eigenvalue weighted by molar-refractivity contribution is 7.13. The van der Waals surface area contributed by atoms with Crippen LogP contribution in [-0.4, -0.2) is 30.5 Å². The number of rotatable bonds is 5. The Bertz CT molecular complexity index is 668. The van der Waals surface area contributed by atoms with E-state index in [9.17, 15) is 4.79 Å². The third kappa shape index (κ3) is 4.79. The van der Waals surface area contributed by atoms with Crippen molar-refractivity contribution in [3.05, 3.63) is 40.9 Å². The van der Waals surface area contributed by atoms with Crippen LogP contribution in [0, 0.1) is 12.8 Å². The molecule has 2 N–H and O–H groups in total. The van der Waals surface area contributed by atoms with Crippen molar-refractivity contribution in [1.29, 1.82) is 0 Å². The van der Waals surface area contributed by atoms with Crippen LogP contribution in [0.4, 0.5) is 0 Å². The van der Waals surface area contributed by atoms with Gasteiger partial charge in [0.05, 0.1) is 0 Å². The van der Waals surface area contributed by atoms with Crippen LogP contribution in [0.25, 0.3) is 10.6 Å². The third-order valence-corrected chi connectivity index (χ3v) is 5.22. The number of hydrogen-bond acceptors (Lipinski definition) is 4. The molecule has 0 bridgehead atoms. The zero-order valence-corrected chi connectivity index (χ0v) is 15.5. The van der Waals surface area contributed by atoms with Gasteiger partial charge < -0.3 is 10.6 Å². The second-order valence-corrected chi connectivity index (χ2v) is 6.97. The van der Waals surface area contributed by atoms with Gasteiger partial charge in [0.15, 0.2) is 0 Å². The highest BCUT2D eigenvalue weighted by Crippen LogP contribution is 2.26. The van der Waals surface area contributed by atoms with Crippen molar-refractivity contribution in [2.24, 2.45) is 5.92 Å². The van der Waals surface area contributed by atoms with Gasteiger partial charge in [-0.2, -0.15) is 0 Å². The summed E-state index contributed by atoms with van der Waals surface area (Å²) in [7, 11) is 0. The van der Waals surface area contributed by atoms with E-state index in [-0.39, 0.29) is 18.3 Å². The number of benzene rings is 1. The summed E-state index contributed by atoms with van der Waals surface area (Å²) in [6, 6.07) is 8.13. The number of hydrogen-bond donors (Lipinski definition) is 2. The fourth-order valence-corrected chi connectivity index (χ4v) is 3.86. The summed E-state index contributed by atoms with van der Waals surface area (Å²) in [5, 5.41) is 9.16. The molecule has 0 aliphatic carbocycles. The van der Waals surface area contributed by atoms with E-state index in [2.05, 4.69) is 28.6 Å². The molecule has 24 heavy (non-hydrogen) atoms. The van der Waals surface area contributed by atoms with Crippen LogP contribution < -0.4 is 10.6 Å². The Morgan fingerprint density at radius 3 is 3.00 bits per heavy atom. The predicted molar refractivity (Wildman–Crippen MR) is 102 cm³/mol. The third-order valence-electron chi connectivity index (χ3n) is 4.35. The van der Waals surface area contributed by atoms with Crippen molar-refractivity contribution >= 4 is 29.7 Å². The van der Waals surface area contributed by atoms with Crippen molar-refractivity contribution in [3.63, 3.8) is 0 Å². The first-order valence-electron chi connectivity index (χ1n) is 8.24. The molecule has 1 atom stereocenters. The van der Waals surface area contributed by atoms with Crippen LogP contribution in [0.5, 0.6) is 0 Å². The van der Waals surface area contributed by atoms with Crippen molar-refractivity contribution < 1.29 is 4.79 Å². The predicted octanol–water partition coefficient (Wildman–Crippen LogP) is 3.66. The zero-order valence-electron chi connectivity index (χ0n) is 13.9. The Kier molecular flexibility index (Phi) is 7.21. The van der Waals surface area contributed by atoms with Gasteiger partial charge in [-0.05, 0) is 50.8 Å². The molecule has 1 amide bonds. The quantitative estimate of drug-likeness (QED) is 0.850. The number of carbonyl (C=O) groups is 1. The minimum Gasteiger partial charge on any atom is -0.351 e. The molecule has 1 fully saturated rings. The van der Waals surface area contributed by atoms with Gasteiger partial charge >= 0.3 is 0 Å². The number of piperidine rings is 1. The lowest BCUT2D eigenvalue weighted by Gasteiger charge is -2.22. The summed E-state index contributed by atoms with van der Waals surface area (Å²) in [6.07, 6.45) is 3.54. The second kappa shape index (κ2) is 9.16. The molecule has 1 aliphatic rings. The molecule has 3 rings (SSSR count). The number of nitrogens with one attached hydrogen (secondary N) is 2. The summed E-state index contributed by atoms with van der Waals surface area (Å²) in [5.41, 5.74) is 2.80. The number of aryl methyl sites for hydroxylation is 1. The lowest BCUT2D eigenvalue weighted by atomic mass is 9.96. The van der Waals surface area contributed by atoms with Crippen LogP contribution in [0.1, 0.15) is 35.3 Å². The summed E-state index contributed by atoms with van der Waals surface area (Å²) in [6.45, 7) is 4.99. The first-order chi connectivity index (χ1) is 11.2. The number of aromatic nitrogens is 1. The molecular formula is C18H24ClN3OS. The summed E-state index contributed by atoms with van der Waals surface area (Å²) in [5.74, 6) is 0.617. The average Bonchev–Trinajstić information content (AvgIpc) is 3.06. The number of amides is 1. The highest BCUT2D eigenvalue weighted by Gasteiger charge is 2.15. The first kappa shape index (κ1) is 18.9. The van der Waals surface area contributed by atoms with Crippen molar-refractivity contribution in [2.75, 3.05) is 19.6 Å². The molecule has 0 saturated carbocycles. The first-order valence-corrected chi connectivity index (χ1v) is 9.12. The lowest BCUT2D eigenvalue weighted by Crippen LogP contribution is -2.33. The summed E-state index contributed by atoms with van der Waals surface area (Å²) < 4.78 is 0. The molecule has 2 heterocycles. The van der Waals surface area contributed by atoms with Gasteiger partial charge in [0.2, 0.25) is 0 Å². The van der Waals surface area contributed by atoms with Gasteiger partial charge in [0.25, 0.3) is 5.91 Å². The Hall–Kier alpha value is -1.43.